The lowest BCUT2D eigenvalue weighted by molar-refractivity contribution is -0.141. The van der Waals surface area contributed by atoms with Crippen molar-refractivity contribution < 1.29 is 71.7 Å². The van der Waals surface area contributed by atoms with Crippen LogP contribution in [0.4, 0.5) is 37.1 Å². The van der Waals surface area contributed by atoms with E-state index in [2.05, 4.69) is 38.7 Å². The van der Waals surface area contributed by atoms with E-state index >= 15 is 0 Å². The molecule has 4 fully saturated rings. The number of nitrogens with one attached hydrogen (secondary N) is 5. The SMILES string of the molecule is CC(C)C[C@@H](C(=O)N1C[C@]2(C[C@H]1C#N)C(=O)Nc1ccccc12)N(C)C(=O)OCc1ccccc1.CC(C)C[C@@H](C(=O)N1C[C@]2(C[C@H]1C#N)C(=O)Nc1ccccc12)N(C)C(=O)OCc1ccccc1.CC(C)C[C@@H](C(=O)N1C[C@]2(C[C@H]1C(N)=O)C(=O)Nc1ccccc12)N(C)C(=O)OCc1ccccc1.Cl.NC(=O)[C@@H]1C[C@@]2(CN1)C(=O)Nc1ccccc12. The topological polar surface area (TPSA) is 412 Å². The van der Waals surface area contributed by atoms with Crippen molar-refractivity contribution in [2.24, 2.45) is 29.2 Å². The van der Waals surface area contributed by atoms with Crippen LogP contribution in [0.15, 0.2) is 188 Å². The molecule has 9 N–H and O–H groups in total. The fourth-order valence-electron chi connectivity index (χ4n) is 17.9. The highest BCUT2D eigenvalue weighted by Gasteiger charge is 2.61. The normalized spacial score (nSPS) is 22.4. The first-order chi connectivity index (χ1) is 58.8. The Morgan fingerprint density at radius 2 is 0.677 bits per heavy atom. The molecule has 0 aromatic heterocycles. The fourth-order valence-corrected chi connectivity index (χ4v) is 17.9. The number of para-hydroxylation sites is 4. The van der Waals surface area contributed by atoms with Crippen LogP contribution < -0.4 is 38.1 Å². The van der Waals surface area contributed by atoms with Crippen LogP contribution in [0.2, 0.25) is 0 Å². The van der Waals surface area contributed by atoms with Crippen molar-refractivity contribution in [3.63, 3.8) is 0 Å². The average Bonchev–Trinajstić information content (AvgIpc) is 1.59. The van der Waals surface area contributed by atoms with E-state index in [-0.39, 0.29) is 124 Å². The van der Waals surface area contributed by atoms with Crippen LogP contribution >= 0.6 is 12.4 Å². The third kappa shape index (κ3) is 18.9. The van der Waals surface area contributed by atoms with Gasteiger partial charge in [0.2, 0.25) is 53.2 Å². The number of likely N-dealkylation sites (tertiary alicyclic amines) is 3. The summed E-state index contributed by atoms with van der Waals surface area (Å²) in [4.78, 5) is 163. The number of hydrogen-bond acceptors (Lipinski definition) is 18. The minimum absolute atomic E-state index is 0. The maximum atomic E-state index is 13.9. The van der Waals surface area contributed by atoms with Gasteiger partial charge in [-0.25, -0.2) is 14.4 Å². The number of benzene rings is 7. The van der Waals surface area contributed by atoms with Gasteiger partial charge in [-0.3, -0.25) is 57.9 Å². The van der Waals surface area contributed by atoms with E-state index in [1.165, 1.54) is 36.4 Å². The van der Waals surface area contributed by atoms with Gasteiger partial charge in [-0.05, 0) is 113 Å². The summed E-state index contributed by atoms with van der Waals surface area (Å²) in [5.74, 6) is -2.64. The maximum Gasteiger partial charge on any atom is 0.410 e. The van der Waals surface area contributed by atoms with Crippen LogP contribution in [0.3, 0.4) is 0 Å². The lowest BCUT2D eigenvalue weighted by atomic mass is 9.79. The van der Waals surface area contributed by atoms with Crippen LogP contribution in [0.5, 0.6) is 0 Å². The number of rotatable bonds is 20. The Bertz CT molecular complexity index is 5080. The lowest BCUT2D eigenvalue weighted by Gasteiger charge is -2.33. The van der Waals surface area contributed by atoms with Gasteiger partial charge in [0.1, 0.15) is 56.1 Å². The lowest BCUT2D eigenvalue weighted by Crippen LogP contribution is -2.54. The molecule has 7 aromatic carbocycles. The second-order valence-corrected chi connectivity index (χ2v) is 34.0. The van der Waals surface area contributed by atoms with Gasteiger partial charge in [0, 0.05) is 82.9 Å². The predicted octanol–water partition coefficient (Wildman–Crippen LogP) is 10.2. The molecule has 4 spiro atoms. The van der Waals surface area contributed by atoms with Gasteiger partial charge in [-0.15, -0.1) is 12.4 Å². The van der Waals surface area contributed by atoms with E-state index < -0.39 is 100.0 Å². The Morgan fingerprint density at radius 1 is 0.403 bits per heavy atom. The zero-order valence-electron chi connectivity index (χ0n) is 70.8. The number of halogens is 1. The van der Waals surface area contributed by atoms with Gasteiger partial charge in [0.25, 0.3) is 0 Å². The first-order valence-electron chi connectivity index (χ1n) is 41.3. The highest BCUT2D eigenvalue weighted by atomic mass is 35.5. The zero-order valence-corrected chi connectivity index (χ0v) is 71.7. The van der Waals surface area contributed by atoms with Gasteiger partial charge in [0.05, 0.1) is 39.8 Å². The standard InChI is InChI=1S/C27H32N4O5.2C27H30N4O4.C12H13N3O2.ClH/c1-17(2)13-21(30(3)26(35)36-15-18-9-5-4-6-10-18)24(33)31-16-27(14-22(31)23(28)32)19-11-7-8-12-20(19)29-25(27)34;2*1-18(2)13-23(30(3)26(34)35-16-19-9-5-4-6-10-19)24(32)31-17-27(14-20(31)15-28)21-11-7-8-12-22(21)29-25(27)33;13-10(16)9-5-12(6-14-9)7-3-1-2-4-8(7)15-11(12)17;/h4-12,17,21-22H,13-16H2,1-3H3,(H2,28,32)(H,29,34);2*4-12,18,20,23H,13-14,16-17H2,1-3H3,(H,29,33);1-4,9,14H,5-6H2,(H2,13,16)(H,15,17);1H/t21-,22-,27-;2*20-,23-,27-;9-,12-;/m0000./s1. The van der Waals surface area contributed by atoms with Crippen molar-refractivity contribution in [3.8, 4) is 12.1 Å². The van der Waals surface area contributed by atoms with Crippen molar-refractivity contribution >= 4 is 107 Å². The quantitative estimate of drug-likeness (QED) is 0.0349. The third-order valence-corrected chi connectivity index (χ3v) is 24.4. The smallest absolute Gasteiger partial charge is 0.410 e. The average molecular weight is 1710 g/mol. The Hall–Kier alpha value is -13.2. The molecule has 0 saturated carbocycles. The molecule has 0 aliphatic carbocycles. The molecule has 11 atom stereocenters. The minimum Gasteiger partial charge on any atom is -0.445 e. The second-order valence-electron chi connectivity index (χ2n) is 34.0. The van der Waals surface area contributed by atoms with E-state index in [1.54, 1.807) is 20.2 Å². The highest BCUT2D eigenvalue weighted by Crippen LogP contribution is 2.51. The summed E-state index contributed by atoms with van der Waals surface area (Å²) in [6.07, 6.45) is 0.250. The van der Waals surface area contributed by atoms with Crippen LogP contribution in [0, 0.1) is 40.4 Å². The number of hydrogen-bond donors (Lipinski definition) is 7. The second kappa shape index (κ2) is 38.9. The summed E-state index contributed by atoms with van der Waals surface area (Å²) in [6, 6.07) is 56.5. The summed E-state index contributed by atoms with van der Waals surface area (Å²) in [5.41, 5.74) is 16.1. The number of nitrogens with two attached hydrogens (primary N) is 2. The first kappa shape index (κ1) is 91.5. The largest absolute Gasteiger partial charge is 0.445 e. The molecule has 8 heterocycles. The molecule has 8 aliphatic heterocycles. The molecule has 0 bridgehead atoms. The minimum atomic E-state index is -1.07. The molecule has 650 valence electrons. The Morgan fingerprint density at radius 3 is 0.968 bits per heavy atom. The summed E-state index contributed by atoms with van der Waals surface area (Å²) in [5, 5.41) is 34.4. The number of nitrogens with zero attached hydrogens (tertiary/aromatic N) is 8. The summed E-state index contributed by atoms with van der Waals surface area (Å²) >= 11 is 0. The Kier molecular flexibility index (Phi) is 28.7. The maximum absolute atomic E-state index is 13.9. The molecular weight excluding hydrogens is 1600 g/mol. The van der Waals surface area contributed by atoms with Crippen molar-refractivity contribution in [1.82, 2.24) is 34.7 Å². The van der Waals surface area contributed by atoms with Crippen molar-refractivity contribution in [2.45, 2.75) is 170 Å². The van der Waals surface area contributed by atoms with Crippen molar-refractivity contribution in [2.75, 3.05) is 68.6 Å². The molecule has 0 radical (unpaired) electrons. The molecule has 31 heteroatoms. The molecule has 12 amide bonds. The molecule has 0 unspecified atom stereocenters. The Balaban J connectivity index is 0.000000165. The van der Waals surface area contributed by atoms with Gasteiger partial charge in [-0.2, -0.15) is 10.5 Å². The molecule has 4 saturated heterocycles. The monoisotopic (exact) mass is 1710 g/mol. The third-order valence-electron chi connectivity index (χ3n) is 24.4. The number of fused-ring (bicyclic) bond motifs is 8. The van der Waals surface area contributed by atoms with E-state index in [9.17, 15) is 68.1 Å². The van der Waals surface area contributed by atoms with Crippen molar-refractivity contribution in [1.29, 1.82) is 10.5 Å². The van der Waals surface area contributed by atoms with Gasteiger partial charge < -0.3 is 67.0 Å². The number of amides is 12. The molecule has 8 aliphatic rings. The summed E-state index contributed by atoms with van der Waals surface area (Å²) < 4.78 is 16.4. The fraction of sp³-hybridized carbons (Fsp3) is 0.398. The number of nitriles is 2. The molecular formula is C93H106ClN15O15. The number of carbonyl (C=O) groups is 12. The molecule has 7 aromatic rings. The van der Waals surface area contributed by atoms with E-state index in [0.717, 1.165) is 44.6 Å². The van der Waals surface area contributed by atoms with Gasteiger partial charge in [-0.1, -0.05) is 205 Å². The summed E-state index contributed by atoms with van der Waals surface area (Å²) in [6.45, 7) is 12.7. The van der Waals surface area contributed by atoms with Gasteiger partial charge in [0.15, 0.2) is 0 Å². The predicted molar refractivity (Wildman–Crippen MR) is 464 cm³/mol. The molecule has 30 nitrogen and oxygen atoms in total. The van der Waals surface area contributed by atoms with E-state index in [0.29, 0.717) is 49.3 Å². The van der Waals surface area contributed by atoms with Crippen LogP contribution in [0.1, 0.15) is 125 Å². The number of likely N-dealkylation sites (N-methyl/N-ethyl adjacent to an activating group) is 3. The molecule has 15 rings (SSSR count). The molecule has 124 heavy (non-hydrogen) atoms. The van der Waals surface area contributed by atoms with E-state index in [4.69, 9.17) is 25.7 Å². The van der Waals surface area contributed by atoms with Crippen LogP contribution in [-0.2, 0) is 98.8 Å². The zero-order chi connectivity index (χ0) is 88.4. The Labute approximate surface area is 727 Å². The van der Waals surface area contributed by atoms with Crippen LogP contribution in [0.25, 0.3) is 0 Å². The van der Waals surface area contributed by atoms with Gasteiger partial charge >= 0.3 is 18.3 Å². The highest BCUT2D eigenvalue weighted by molar-refractivity contribution is 6.11. The number of anilines is 4. The van der Waals surface area contributed by atoms with Crippen molar-refractivity contribution in [3.05, 3.63) is 227 Å². The summed E-state index contributed by atoms with van der Waals surface area (Å²) in [7, 11) is 4.60. The van der Waals surface area contributed by atoms with Crippen LogP contribution in [-0.4, -0.2) is 190 Å². The first-order valence-corrected chi connectivity index (χ1v) is 41.3. The number of ether oxygens (including phenoxy) is 3. The number of carbonyl (C=O) groups excluding carboxylic acids is 12. The van der Waals surface area contributed by atoms with E-state index in [1.807, 2.05) is 224 Å². The number of primary amides is 2.